The van der Waals surface area contributed by atoms with E-state index in [1.165, 1.54) is 25.8 Å². The minimum absolute atomic E-state index is 0.947. The summed E-state index contributed by atoms with van der Waals surface area (Å²) in [5.41, 5.74) is 0.965. The predicted octanol–water partition coefficient (Wildman–Crippen LogP) is 2.10. The van der Waals surface area contributed by atoms with Gasteiger partial charge in [-0.15, -0.1) is 0 Å². The third-order valence-corrected chi connectivity index (χ3v) is 2.65. The molecule has 76 valence electrons. The molecule has 0 aliphatic carbocycles. The molecule has 0 aromatic rings. The van der Waals surface area contributed by atoms with Gasteiger partial charge in [-0.25, -0.2) is 0 Å². The molecule has 0 saturated carbocycles. The molecule has 13 heavy (non-hydrogen) atoms. The number of hydrogen-bond donors (Lipinski definition) is 1. The number of piperidine rings is 1. The summed E-state index contributed by atoms with van der Waals surface area (Å²) in [6, 6.07) is 0. The first-order valence-corrected chi connectivity index (χ1v) is 5.29. The van der Waals surface area contributed by atoms with E-state index in [1.807, 2.05) is 0 Å². The summed E-state index contributed by atoms with van der Waals surface area (Å²) >= 11 is 0. The standard InChI is InChI=1S/C10H20N2O/c1-2-3-4-7-12-8-5-10(11-13)6-9-12/h13H,2-9H2,1H3. The molecule has 3 heteroatoms. The minimum Gasteiger partial charge on any atom is -0.411 e. The first-order chi connectivity index (χ1) is 6.36. The zero-order valence-corrected chi connectivity index (χ0v) is 8.50. The van der Waals surface area contributed by atoms with E-state index in [1.54, 1.807) is 0 Å². The molecule has 3 nitrogen and oxygen atoms in total. The van der Waals surface area contributed by atoms with Crippen molar-refractivity contribution in [1.82, 2.24) is 4.90 Å². The lowest BCUT2D eigenvalue weighted by molar-refractivity contribution is 0.258. The Morgan fingerprint density at radius 2 is 2.00 bits per heavy atom. The van der Waals surface area contributed by atoms with Crippen molar-refractivity contribution in [3.8, 4) is 0 Å². The van der Waals surface area contributed by atoms with Crippen molar-refractivity contribution >= 4 is 5.71 Å². The Bertz CT molecular complexity index is 158. The van der Waals surface area contributed by atoms with Gasteiger partial charge in [-0.05, 0) is 13.0 Å². The normalized spacial score (nSPS) is 19.0. The van der Waals surface area contributed by atoms with Crippen LogP contribution in [0.5, 0.6) is 0 Å². The van der Waals surface area contributed by atoms with Gasteiger partial charge in [0.1, 0.15) is 0 Å². The first-order valence-electron chi connectivity index (χ1n) is 5.29. The quantitative estimate of drug-likeness (QED) is 0.412. The number of rotatable bonds is 4. The molecule has 0 unspecified atom stereocenters. The van der Waals surface area contributed by atoms with Gasteiger partial charge in [-0.3, -0.25) is 0 Å². The molecule has 1 fully saturated rings. The van der Waals surface area contributed by atoms with Crippen LogP contribution in [0.2, 0.25) is 0 Å². The summed E-state index contributed by atoms with van der Waals surface area (Å²) in [6.45, 7) is 5.59. The van der Waals surface area contributed by atoms with Crippen LogP contribution in [0, 0.1) is 0 Å². The smallest absolute Gasteiger partial charge is 0.0596 e. The van der Waals surface area contributed by atoms with Gasteiger partial charge >= 0.3 is 0 Å². The van der Waals surface area contributed by atoms with Crippen LogP contribution in [0.3, 0.4) is 0 Å². The molecule has 0 atom stereocenters. The summed E-state index contributed by atoms with van der Waals surface area (Å²) < 4.78 is 0. The summed E-state index contributed by atoms with van der Waals surface area (Å²) in [5, 5.41) is 11.8. The van der Waals surface area contributed by atoms with Crippen molar-refractivity contribution in [3.05, 3.63) is 0 Å². The lowest BCUT2D eigenvalue weighted by Gasteiger charge is -2.26. The van der Waals surface area contributed by atoms with E-state index in [2.05, 4.69) is 17.0 Å². The van der Waals surface area contributed by atoms with E-state index < -0.39 is 0 Å². The Morgan fingerprint density at radius 1 is 1.31 bits per heavy atom. The fraction of sp³-hybridized carbons (Fsp3) is 0.900. The number of unbranched alkanes of at least 4 members (excludes halogenated alkanes) is 2. The van der Waals surface area contributed by atoms with E-state index in [0.717, 1.165) is 31.6 Å². The summed E-state index contributed by atoms with van der Waals surface area (Å²) in [5.74, 6) is 0. The van der Waals surface area contributed by atoms with Gasteiger partial charge in [0.15, 0.2) is 0 Å². The zero-order chi connectivity index (χ0) is 9.52. The fourth-order valence-corrected chi connectivity index (χ4v) is 1.72. The zero-order valence-electron chi connectivity index (χ0n) is 8.50. The van der Waals surface area contributed by atoms with Gasteiger partial charge in [-0.2, -0.15) is 0 Å². The van der Waals surface area contributed by atoms with Crippen molar-refractivity contribution in [1.29, 1.82) is 0 Å². The second-order valence-electron chi connectivity index (χ2n) is 3.71. The molecule has 1 N–H and O–H groups in total. The molecular formula is C10H20N2O. The largest absolute Gasteiger partial charge is 0.411 e. The third kappa shape index (κ3) is 3.77. The maximum atomic E-state index is 8.56. The van der Waals surface area contributed by atoms with E-state index in [9.17, 15) is 0 Å². The predicted molar refractivity (Wildman–Crippen MR) is 54.4 cm³/mol. The highest BCUT2D eigenvalue weighted by Crippen LogP contribution is 2.08. The summed E-state index contributed by atoms with van der Waals surface area (Å²) in [6.07, 6.45) is 5.82. The Labute approximate surface area is 80.4 Å². The molecule has 0 radical (unpaired) electrons. The van der Waals surface area contributed by atoms with Gasteiger partial charge in [0.05, 0.1) is 5.71 Å². The number of likely N-dealkylation sites (tertiary alicyclic amines) is 1. The SMILES string of the molecule is CCCCCN1CCC(=NO)CC1. The van der Waals surface area contributed by atoms with Crippen molar-refractivity contribution in [2.24, 2.45) is 5.16 Å². The van der Waals surface area contributed by atoms with Crippen LogP contribution in [0.1, 0.15) is 39.0 Å². The van der Waals surface area contributed by atoms with Crippen LogP contribution >= 0.6 is 0 Å². The van der Waals surface area contributed by atoms with Crippen LogP contribution in [0.15, 0.2) is 5.16 Å². The van der Waals surface area contributed by atoms with Gasteiger partial charge in [0.25, 0.3) is 0 Å². The Balaban J connectivity index is 2.10. The molecule has 1 heterocycles. The molecule has 0 amide bonds. The average molecular weight is 184 g/mol. The number of hydrogen-bond acceptors (Lipinski definition) is 3. The molecule has 1 aliphatic rings. The van der Waals surface area contributed by atoms with Gasteiger partial charge < -0.3 is 10.1 Å². The van der Waals surface area contributed by atoms with Crippen LogP contribution in [0.4, 0.5) is 0 Å². The Hall–Kier alpha value is -0.570. The highest BCUT2D eigenvalue weighted by Gasteiger charge is 2.14. The minimum atomic E-state index is 0.947. The molecule has 0 aromatic heterocycles. The molecule has 1 saturated heterocycles. The van der Waals surface area contributed by atoms with Crippen LogP contribution in [-0.4, -0.2) is 35.5 Å². The van der Waals surface area contributed by atoms with E-state index in [4.69, 9.17) is 5.21 Å². The molecule has 0 bridgehead atoms. The van der Waals surface area contributed by atoms with Gasteiger partial charge in [0.2, 0.25) is 0 Å². The third-order valence-electron chi connectivity index (χ3n) is 2.65. The summed E-state index contributed by atoms with van der Waals surface area (Å²) in [7, 11) is 0. The van der Waals surface area contributed by atoms with E-state index in [-0.39, 0.29) is 0 Å². The fourth-order valence-electron chi connectivity index (χ4n) is 1.72. The Morgan fingerprint density at radius 3 is 2.54 bits per heavy atom. The van der Waals surface area contributed by atoms with Gasteiger partial charge in [-0.1, -0.05) is 24.9 Å². The van der Waals surface area contributed by atoms with E-state index >= 15 is 0 Å². The van der Waals surface area contributed by atoms with Crippen molar-refractivity contribution in [2.75, 3.05) is 19.6 Å². The van der Waals surface area contributed by atoms with Crippen molar-refractivity contribution in [3.63, 3.8) is 0 Å². The highest BCUT2D eigenvalue weighted by molar-refractivity contribution is 5.84. The second kappa shape index (κ2) is 5.97. The monoisotopic (exact) mass is 184 g/mol. The Kier molecular flexibility index (Phi) is 4.83. The maximum absolute atomic E-state index is 8.56. The van der Waals surface area contributed by atoms with Gasteiger partial charge in [0, 0.05) is 25.9 Å². The van der Waals surface area contributed by atoms with Crippen molar-refractivity contribution in [2.45, 2.75) is 39.0 Å². The van der Waals surface area contributed by atoms with Crippen LogP contribution < -0.4 is 0 Å². The maximum Gasteiger partial charge on any atom is 0.0596 e. The average Bonchev–Trinajstić information content (AvgIpc) is 2.19. The molecule has 1 aliphatic heterocycles. The van der Waals surface area contributed by atoms with E-state index in [0.29, 0.717) is 0 Å². The summed E-state index contributed by atoms with van der Waals surface area (Å²) in [4.78, 5) is 2.46. The number of oxime groups is 1. The second-order valence-corrected chi connectivity index (χ2v) is 3.71. The molecule has 0 aromatic carbocycles. The lowest BCUT2D eigenvalue weighted by Crippen LogP contribution is -2.34. The molecular weight excluding hydrogens is 164 g/mol. The van der Waals surface area contributed by atoms with Crippen LogP contribution in [-0.2, 0) is 0 Å². The lowest BCUT2D eigenvalue weighted by atomic mass is 10.1. The topological polar surface area (TPSA) is 35.8 Å². The van der Waals surface area contributed by atoms with Crippen LogP contribution in [0.25, 0.3) is 0 Å². The van der Waals surface area contributed by atoms with Crippen molar-refractivity contribution < 1.29 is 5.21 Å². The molecule has 0 spiro atoms. The highest BCUT2D eigenvalue weighted by atomic mass is 16.4. The molecule has 1 rings (SSSR count). The number of nitrogens with zero attached hydrogens (tertiary/aromatic N) is 2. The first kappa shape index (κ1) is 10.5.